The van der Waals surface area contributed by atoms with Crippen LogP contribution in [0.4, 0.5) is 5.69 Å². The number of aryl methyl sites for hydroxylation is 3. The SMILES string of the molecule is CCc1ccc(N(C(=O)COc2ccc(CC)cc2Br)S(=O)(=O)c2ccc(C)cc2)cc1. The van der Waals surface area contributed by atoms with Crippen molar-refractivity contribution in [2.24, 2.45) is 0 Å². The van der Waals surface area contributed by atoms with E-state index in [1.165, 1.54) is 12.1 Å². The fourth-order valence-corrected chi connectivity index (χ4v) is 5.13. The van der Waals surface area contributed by atoms with Gasteiger partial charge >= 0.3 is 0 Å². The maximum Gasteiger partial charge on any atom is 0.278 e. The zero-order chi connectivity index (χ0) is 23.3. The molecule has 0 bridgehead atoms. The lowest BCUT2D eigenvalue weighted by atomic mass is 10.1. The lowest BCUT2D eigenvalue weighted by molar-refractivity contribution is -0.119. The Morgan fingerprint density at radius 2 is 1.50 bits per heavy atom. The third-order valence-electron chi connectivity index (χ3n) is 5.12. The highest BCUT2D eigenvalue weighted by Gasteiger charge is 2.31. The second-order valence-electron chi connectivity index (χ2n) is 7.40. The number of carbonyl (C=O) groups excluding carboxylic acids is 1. The van der Waals surface area contributed by atoms with Crippen molar-refractivity contribution in [3.63, 3.8) is 0 Å². The predicted octanol–water partition coefficient (Wildman–Crippen LogP) is 5.68. The van der Waals surface area contributed by atoms with E-state index in [2.05, 4.69) is 15.9 Å². The minimum atomic E-state index is -4.12. The number of carbonyl (C=O) groups is 1. The average molecular weight is 516 g/mol. The highest BCUT2D eigenvalue weighted by Crippen LogP contribution is 2.28. The Kier molecular flexibility index (Phi) is 7.74. The molecule has 7 heteroatoms. The number of hydrogen-bond acceptors (Lipinski definition) is 4. The molecule has 0 saturated heterocycles. The molecule has 0 atom stereocenters. The third-order valence-corrected chi connectivity index (χ3v) is 7.50. The fourth-order valence-electron chi connectivity index (χ4n) is 3.18. The number of anilines is 1. The molecule has 0 N–H and O–H groups in total. The molecule has 0 aliphatic carbocycles. The van der Waals surface area contributed by atoms with Gasteiger partial charge in [0, 0.05) is 0 Å². The summed E-state index contributed by atoms with van der Waals surface area (Å²) in [5.74, 6) is -0.203. The van der Waals surface area contributed by atoms with Crippen molar-refractivity contribution in [2.45, 2.75) is 38.5 Å². The van der Waals surface area contributed by atoms with E-state index in [0.717, 1.165) is 33.8 Å². The van der Waals surface area contributed by atoms with Crippen LogP contribution in [0.1, 0.15) is 30.5 Å². The summed E-state index contributed by atoms with van der Waals surface area (Å²) in [5.41, 5.74) is 3.37. The predicted molar refractivity (Wildman–Crippen MR) is 131 cm³/mol. The number of ether oxygens (including phenoxy) is 1. The van der Waals surface area contributed by atoms with Crippen molar-refractivity contribution in [3.05, 3.63) is 87.9 Å². The van der Waals surface area contributed by atoms with E-state index in [9.17, 15) is 13.2 Å². The normalized spacial score (nSPS) is 11.2. The second kappa shape index (κ2) is 10.3. The number of sulfonamides is 1. The molecule has 32 heavy (non-hydrogen) atoms. The lowest BCUT2D eigenvalue weighted by Crippen LogP contribution is -2.40. The summed E-state index contributed by atoms with van der Waals surface area (Å²) >= 11 is 3.45. The maximum absolute atomic E-state index is 13.4. The summed E-state index contributed by atoms with van der Waals surface area (Å²) in [7, 11) is -4.12. The average Bonchev–Trinajstić information content (AvgIpc) is 2.79. The van der Waals surface area contributed by atoms with Crippen LogP contribution >= 0.6 is 15.9 Å². The Morgan fingerprint density at radius 1 is 0.906 bits per heavy atom. The Bertz CT molecular complexity index is 1190. The van der Waals surface area contributed by atoms with Crippen molar-refractivity contribution >= 4 is 37.5 Å². The highest BCUT2D eigenvalue weighted by atomic mass is 79.9. The van der Waals surface area contributed by atoms with Crippen LogP contribution in [-0.2, 0) is 27.7 Å². The first-order chi connectivity index (χ1) is 15.3. The monoisotopic (exact) mass is 515 g/mol. The molecule has 0 aliphatic rings. The van der Waals surface area contributed by atoms with Crippen molar-refractivity contribution in [1.82, 2.24) is 0 Å². The number of hydrogen-bond donors (Lipinski definition) is 0. The highest BCUT2D eigenvalue weighted by molar-refractivity contribution is 9.10. The molecule has 0 spiro atoms. The van der Waals surface area contributed by atoms with Gasteiger partial charge < -0.3 is 4.74 Å². The van der Waals surface area contributed by atoms with Gasteiger partial charge in [-0.15, -0.1) is 0 Å². The van der Waals surface area contributed by atoms with Gasteiger partial charge in [-0.1, -0.05) is 49.7 Å². The van der Waals surface area contributed by atoms with Crippen LogP contribution in [0.25, 0.3) is 0 Å². The first-order valence-corrected chi connectivity index (χ1v) is 12.6. The van der Waals surface area contributed by atoms with E-state index in [-0.39, 0.29) is 10.6 Å². The van der Waals surface area contributed by atoms with Crippen LogP contribution in [-0.4, -0.2) is 20.9 Å². The van der Waals surface area contributed by atoms with Gasteiger partial charge in [-0.25, -0.2) is 8.42 Å². The second-order valence-corrected chi connectivity index (χ2v) is 10.0. The number of nitrogens with zero attached hydrogens (tertiary/aromatic N) is 1. The summed E-state index contributed by atoms with van der Waals surface area (Å²) in [6.45, 7) is 5.50. The molecule has 3 rings (SSSR count). The van der Waals surface area contributed by atoms with E-state index in [1.54, 1.807) is 30.3 Å². The topological polar surface area (TPSA) is 63.7 Å². The van der Waals surface area contributed by atoms with Crippen LogP contribution in [0.5, 0.6) is 5.75 Å². The molecule has 0 heterocycles. The summed E-state index contributed by atoms with van der Waals surface area (Å²) in [5, 5.41) is 0. The van der Waals surface area contributed by atoms with Crippen LogP contribution in [0.3, 0.4) is 0 Å². The number of benzene rings is 3. The molecular formula is C25H26BrNO4S. The van der Waals surface area contributed by atoms with Gasteiger partial charge in [0.2, 0.25) is 0 Å². The third kappa shape index (κ3) is 5.40. The molecule has 3 aromatic carbocycles. The van der Waals surface area contributed by atoms with Crippen molar-refractivity contribution in [2.75, 3.05) is 10.9 Å². The van der Waals surface area contributed by atoms with Crippen LogP contribution in [0.2, 0.25) is 0 Å². The minimum Gasteiger partial charge on any atom is -0.483 e. The van der Waals surface area contributed by atoms with E-state index >= 15 is 0 Å². The molecule has 0 aromatic heterocycles. The van der Waals surface area contributed by atoms with Gasteiger partial charge in [0.1, 0.15) is 5.75 Å². The van der Waals surface area contributed by atoms with Crippen molar-refractivity contribution in [3.8, 4) is 5.75 Å². The first kappa shape index (κ1) is 24.0. The van der Waals surface area contributed by atoms with Gasteiger partial charge in [0.25, 0.3) is 15.9 Å². The molecule has 3 aromatic rings. The van der Waals surface area contributed by atoms with Crippen molar-refractivity contribution in [1.29, 1.82) is 0 Å². The fraction of sp³-hybridized carbons (Fsp3) is 0.240. The zero-order valence-corrected chi connectivity index (χ0v) is 20.7. The Hall–Kier alpha value is -2.64. The van der Waals surface area contributed by atoms with Gasteiger partial charge in [0.15, 0.2) is 6.61 Å². The van der Waals surface area contributed by atoms with E-state index in [4.69, 9.17) is 4.74 Å². The van der Waals surface area contributed by atoms with E-state index < -0.39 is 22.5 Å². The number of rotatable bonds is 8. The quantitative estimate of drug-likeness (QED) is 0.386. The molecule has 0 fully saturated rings. The standard InChI is InChI=1S/C25H26BrNO4S/c1-4-19-8-11-21(12-9-19)27(32(29,30)22-13-6-18(3)7-14-22)25(28)17-31-24-15-10-20(5-2)16-23(24)26/h6-16H,4-5,17H2,1-3H3. The Morgan fingerprint density at radius 3 is 2.06 bits per heavy atom. The molecule has 0 saturated carbocycles. The summed E-state index contributed by atoms with van der Waals surface area (Å²) in [6.07, 6.45) is 1.68. The molecular weight excluding hydrogens is 490 g/mol. The van der Waals surface area contributed by atoms with E-state index in [0.29, 0.717) is 10.2 Å². The summed E-state index contributed by atoms with van der Waals surface area (Å²) in [4.78, 5) is 13.2. The van der Waals surface area contributed by atoms with Gasteiger partial charge in [-0.05, 0) is 83.2 Å². The van der Waals surface area contributed by atoms with Crippen LogP contribution in [0.15, 0.2) is 76.1 Å². The molecule has 1 amide bonds. The maximum atomic E-state index is 13.4. The Labute approximate surface area is 198 Å². The summed E-state index contributed by atoms with van der Waals surface area (Å²) < 4.78 is 34.1. The van der Waals surface area contributed by atoms with Gasteiger partial charge in [0.05, 0.1) is 15.1 Å². The lowest BCUT2D eigenvalue weighted by Gasteiger charge is -2.23. The zero-order valence-electron chi connectivity index (χ0n) is 18.3. The minimum absolute atomic E-state index is 0.0458. The van der Waals surface area contributed by atoms with Gasteiger partial charge in [-0.3, -0.25) is 4.79 Å². The Balaban J connectivity index is 1.94. The molecule has 0 unspecified atom stereocenters. The summed E-state index contributed by atoms with van der Waals surface area (Å²) in [6, 6.07) is 19.0. The largest absolute Gasteiger partial charge is 0.483 e. The molecule has 5 nitrogen and oxygen atoms in total. The first-order valence-electron chi connectivity index (χ1n) is 10.4. The number of amides is 1. The number of halogens is 1. The molecule has 0 aliphatic heterocycles. The van der Waals surface area contributed by atoms with Crippen LogP contribution < -0.4 is 9.04 Å². The van der Waals surface area contributed by atoms with Gasteiger partial charge in [-0.2, -0.15) is 4.31 Å². The molecule has 168 valence electrons. The smallest absolute Gasteiger partial charge is 0.278 e. The molecule has 0 radical (unpaired) electrons. The van der Waals surface area contributed by atoms with Crippen LogP contribution in [0, 0.1) is 6.92 Å². The van der Waals surface area contributed by atoms with E-state index in [1.807, 2.05) is 45.0 Å². The van der Waals surface area contributed by atoms with Crippen molar-refractivity contribution < 1.29 is 17.9 Å².